The Kier molecular flexibility index (Phi) is 7.81. The molecular formula is C17H36O3Si. The van der Waals surface area contributed by atoms with Gasteiger partial charge in [-0.05, 0) is 30.5 Å². The van der Waals surface area contributed by atoms with Gasteiger partial charge in [-0.3, -0.25) is 4.79 Å². The third kappa shape index (κ3) is 6.21. The minimum atomic E-state index is -1.87. The van der Waals surface area contributed by atoms with Gasteiger partial charge in [0.05, 0.1) is 12.2 Å². The molecule has 0 amide bonds. The molecule has 0 radical (unpaired) electrons. The van der Waals surface area contributed by atoms with Crippen LogP contribution in [-0.4, -0.2) is 31.4 Å². The van der Waals surface area contributed by atoms with Crippen molar-refractivity contribution < 1.29 is 14.3 Å². The van der Waals surface area contributed by atoms with E-state index in [9.17, 15) is 9.90 Å². The van der Waals surface area contributed by atoms with Crippen molar-refractivity contribution >= 4 is 14.1 Å². The van der Waals surface area contributed by atoms with Crippen molar-refractivity contribution in [3.05, 3.63) is 0 Å². The first kappa shape index (κ1) is 20.8. The molecule has 0 aliphatic rings. The van der Waals surface area contributed by atoms with Crippen LogP contribution in [0.5, 0.6) is 0 Å². The SMILES string of the molecule is CC[C@H](O[Si](C)(C)C(C)(C)C)[C@@H](C)C(=O)C[C@@H](O)C(C)C. The molecule has 0 rings (SSSR count). The Balaban J connectivity index is 4.84. The van der Waals surface area contributed by atoms with Crippen LogP contribution in [0.3, 0.4) is 0 Å². The smallest absolute Gasteiger partial charge is 0.192 e. The number of rotatable bonds is 8. The zero-order valence-corrected chi connectivity index (χ0v) is 16.5. The van der Waals surface area contributed by atoms with Crippen molar-refractivity contribution in [2.24, 2.45) is 11.8 Å². The van der Waals surface area contributed by atoms with E-state index in [0.29, 0.717) is 0 Å². The third-order valence-corrected chi connectivity index (χ3v) is 9.40. The Morgan fingerprint density at radius 1 is 1.19 bits per heavy atom. The topological polar surface area (TPSA) is 46.5 Å². The van der Waals surface area contributed by atoms with Gasteiger partial charge in [0.2, 0.25) is 0 Å². The molecule has 0 spiro atoms. The maximum Gasteiger partial charge on any atom is 0.192 e. The van der Waals surface area contributed by atoms with Crippen molar-refractivity contribution in [1.29, 1.82) is 0 Å². The highest BCUT2D eigenvalue weighted by molar-refractivity contribution is 6.74. The van der Waals surface area contributed by atoms with Crippen molar-refractivity contribution in [1.82, 2.24) is 0 Å². The molecule has 0 saturated heterocycles. The quantitative estimate of drug-likeness (QED) is 0.675. The van der Waals surface area contributed by atoms with E-state index in [2.05, 4.69) is 40.8 Å². The summed E-state index contributed by atoms with van der Waals surface area (Å²) in [6.45, 7) is 18.9. The Morgan fingerprint density at radius 2 is 1.67 bits per heavy atom. The van der Waals surface area contributed by atoms with Crippen LogP contribution in [0.1, 0.15) is 61.3 Å². The van der Waals surface area contributed by atoms with Crippen LogP contribution in [-0.2, 0) is 9.22 Å². The lowest BCUT2D eigenvalue weighted by Crippen LogP contribution is -2.46. The Bertz CT molecular complexity index is 331. The van der Waals surface area contributed by atoms with Gasteiger partial charge in [0.15, 0.2) is 8.32 Å². The molecule has 0 aromatic carbocycles. The molecule has 0 aliphatic heterocycles. The number of carbonyl (C=O) groups excluding carboxylic acids is 1. The maximum atomic E-state index is 12.4. The first-order chi connectivity index (χ1) is 9.33. The van der Waals surface area contributed by atoms with Crippen LogP contribution in [0.15, 0.2) is 0 Å². The molecule has 126 valence electrons. The molecule has 1 N–H and O–H groups in total. The second kappa shape index (κ2) is 7.89. The summed E-state index contributed by atoms with van der Waals surface area (Å²) >= 11 is 0. The molecule has 0 bridgehead atoms. The normalized spacial score (nSPS) is 17.7. The van der Waals surface area contributed by atoms with Gasteiger partial charge >= 0.3 is 0 Å². The lowest BCUT2D eigenvalue weighted by Gasteiger charge is -2.40. The fourth-order valence-corrected chi connectivity index (χ4v) is 3.41. The van der Waals surface area contributed by atoms with E-state index in [1.165, 1.54) is 0 Å². The first-order valence-electron chi connectivity index (χ1n) is 8.22. The summed E-state index contributed by atoms with van der Waals surface area (Å²) in [6.07, 6.45) is 0.469. The van der Waals surface area contributed by atoms with Crippen LogP contribution < -0.4 is 0 Å². The number of ketones is 1. The summed E-state index contributed by atoms with van der Waals surface area (Å²) in [6, 6.07) is 0. The van der Waals surface area contributed by atoms with Gasteiger partial charge in [-0.1, -0.05) is 48.5 Å². The molecule has 0 aromatic rings. The van der Waals surface area contributed by atoms with E-state index in [-0.39, 0.29) is 35.2 Å². The van der Waals surface area contributed by atoms with Crippen LogP contribution >= 0.6 is 0 Å². The molecule has 3 atom stereocenters. The minimum Gasteiger partial charge on any atom is -0.413 e. The molecule has 21 heavy (non-hydrogen) atoms. The van der Waals surface area contributed by atoms with Gasteiger partial charge in [-0.15, -0.1) is 0 Å². The lowest BCUT2D eigenvalue weighted by atomic mass is 9.91. The van der Waals surface area contributed by atoms with Crippen LogP contribution in [0, 0.1) is 11.8 Å². The standard InChI is InChI=1S/C17H36O3Si/c1-10-16(20-21(8,9)17(5,6)7)13(4)15(19)11-14(18)12(2)3/h12-14,16,18H,10-11H2,1-9H3/t13-,14+,16-/m0/s1. The van der Waals surface area contributed by atoms with Crippen LogP contribution in [0.25, 0.3) is 0 Å². The molecule has 0 heterocycles. The zero-order valence-electron chi connectivity index (χ0n) is 15.5. The van der Waals surface area contributed by atoms with Crippen LogP contribution in [0.2, 0.25) is 18.1 Å². The number of carbonyl (C=O) groups is 1. The Labute approximate surface area is 132 Å². The molecule has 0 aliphatic carbocycles. The van der Waals surface area contributed by atoms with E-state index in [1.54, 1.807) is 0 Å². The summed E-state index contributed by atoms with van der Waals surface area (Å²) < 4.78 is 6.41. The van der Waals surface area contributed by atoms with Crippen molar-refractivity contribution in [3.8, 4) is 0 Å². The second-order valence-electron chi connectivity index (χ2n) is 8.10. The predicted molar refractivity (Wildman–Crippen MR) is 92.0 cm³/mol. The van der Waals surface area contributed by atoms with E-state index < -0.39 is 14.4 Å². The highest BCUT2D eigenvalue weighted by Gasteiger charge is 2.40. The minimum absolute atomic E-state index is 0.0437. The third-order valence-electron chi connectivity index (χ3n) is 4.90. The number of hydrogen-bond acceptors (Lipinski definition) is 3. The van der Waals surface area contributed by atoms with Crippen molar-refractivity contribution in [3.63, 3.8) is 0 Å². The summed E-state index contributed by atoms with van der Waals surface area (Å²) in [5, 5.41) is 10.0. The van der Waals surface area contributed by atoms with E-state index >= 15 is 0 Å². The molecule has 0 aromatic heterocycles. The largest absolute Gasteiger partial charge is 0.413 e. The number of hydrogen-bond donors (Lipinski definition) is 1. The average Bonchev–Trinajstić information content (AvgIpc) is 2.33. The van der Waals surface area contributed by atoms with Crippen LogP contribution in [0.4, 0.5) is 0 Å². The van der Waals surface area contributed by atoms with Gasteiger partial charge in [0.25, 0.3) is 0 Å². The van der Waals surface area contributed by atoms with Gasteiger partial charge in [-0.2, -0.15) is 0 Å². The molecular weight excluding hydrogens is 280 g/mol. The molecule has 3 nitrogen and oxygen atoms in total. The fourth-order valence-electron chi connectivity index (χ4n) is 1.93. The van der Waals surface area contributed by atoms with Gasteiger partial charge < -0.3 is 9.53 Å². The summed E-state index contributed by atoms with van der Waals surface area (Å²) in [5.74, 6) is 0.0711. The number of Topliss-reactive ketones (excluding diaryl/α,β-unsaturated/α-hetero) is 1. The van der Waals surface area contributed by atoms with Crippen molar-refractivity contribution in [2.75, 3.05) is 0 Å². The number of aliphatic hydroxyl groups excluding tert-OH is 1. The zero-order chi connectivity index (χ0) is 17.0. The van der Waals surface area contributed by atoms with E-state index in [1.807, 2.05) is 20.8 Å². The summed E-state index contributed by atoms with van der Waals surface area (Å²) in [7, 11) is -1.87. The maximum absolute atomic E-state index is 12.4. The van der Waals surface area contributed by atoms with E-state index in [4.69, 9.17) is 4.43 Å². The second-order valence-corrected chi connectivity index (χ2v) is 12.9. The first-order valence-corrected chi connectivity index (χ1v) is 11.1. The Hall–Kier alpha value is -0.193. The van der Waals surface area contributed by atoms with E-state index in [0.717, 1.165) is 6.42 Å². The molecule has 0 fully saturated rings. The molecule has 0 saturated carbocycles. The molecule has 0 unspecified atom stereocenters. The molecule has 4 heteroatoms. The summed E-state index contributed by atoms with van der Waals surface area (Å²) in [4.78, 5) is 12.4. The monoisotopic (exact) mass is 316 g/mol. The summed E-state index contributed by atoms with van der Waals surface area (Å²) in [5.41, 5.74) is 0. The number of aliphatic hydroxyl groups is 1. The van der Waals surface area contributed by atoms with Gasteiger partial charge in [-0.25, -0.2) is 0 Å². The van der Waals surface area contributed by atoms with Gasteiger partial charge in [0.1, 0.15) is 5.78 Å². The van der Waals surface area contributed by atoms with Crippen molar-refractivity contribution in [2.45, 2.75) is 91.6 Å². The highest BCUT2D eigenvalue weighted by atomic mass is 28.4. The fraction of sp³-hybridized carbons (Fsp3) is 0.941. The van der Waals surface area contributed by atoms with Gasteiger partial charge in [0, 0.05) is 12.3 Å². The average molecular weight is 317 g/mol. The highest BCUT2D eigenvalue weighted by Crippen LogP contribution is 2.38. The Morgan fingerprint density at radius 3 is 2.00 bits per heavy atom. The lowest BCUT2D eigenvalue weighted by molar-refractivity contribution is -0.127. The predicted octanol–water partition coefficient (Wildman–Crippen LogP) is 4.40.